The van der Waals surface area contributed by atoms with E-state index in [0.29, 0.717) is 17.5 Å². The largest absolute Gasteiger partial charge is 0.457 e. The molecule has 0 aliphatic heterocycles. The van der Waals surface area contributed by atoms with Gasteiger partial charge in [0.2, 0.25) is 0 Å². The van der Waals surface area contributed by atoms with Gasteiger partial charge in [0.1, 0.15) is 29.0 Å². The number of aromatic nitrogens is 2. The highest BCUT2D eigenvalue weighted by Gasteiger charge is 2.01. The van der Waals surface area contributed by atoms with Crippen LogP contribution in [0.5, 0.6) is 11.5 Å². The zero-order valence-corrected chi connectivity index (χ0v) is 12.2. The second kappa shape index (κ2) is 6.13. The number of para-hydroxylation sites is 1. The van der Waals surface area contributed by atoms with E-state index in [0.717, 1.165) is 17.2 Å². The molecule has 3 N–H and O–H groups in total. The second-order valence-corrected chi connectivity index (χ2v) is 4.79. The van der Waals surface area contributed by atoms with Crippen molar-refractivity contribution in [2.24, 2.45) is 0 Å². The van der Waals surface area contributed by atoms with E-state index in [9.17, 15) is 0 Å². The molecule has 1 aromatic heterocycles. The summed E-state index contributed by atoms with van der Waals surface area (Å²) in [5.41, 5.74) is 6.61. The molecule has 0 unspecified atom stereocenters. The molecule has 0 saturated carbocycles. The lowest BCUT2D eigenvalue weighted by Crippen LogP contribution is -2.00. The van der Waals surface area contributed by atoms with Crippen LogP contribution >= 0.6 is 0 Å². The van der Waals surface area contributed by atoms with Gasteiger partial charge in [0.25, 0.3) is 0 Å². The molecule has 5 nitrogen and oxygen atoms in total. The van der Waals surface area contributed by atoms with E-state index in [4.69, 9.17) is 10.5 Å². The van der Waals surface area contributed by atoms with E-state index in [2.05, 4.69) is 15.3 Å². The summed E-state index contributed by atoms with van der Waals surface area (Å²) in [5, 5.41) is 3.19. The van der Waals surface area contributed by atoms with Crippen molar-refractivity contribution >= 4 is 17.3 Å². The average Bonchev–Trinajstić information content (AvgIpc) is 2.49. The Morgan fingerprint density at radius 1 is 0.909 bits per heavy atom. The fourth-order valence-corrected chi connectivity index (χ4v) is 2.03. The zero-order chi connectivity index (χ0) is 15.4. The van der Waals surface area contributed by atoms with Crippen molar-refractivity contribution in [1.29, 1.82) is 0 Å². The number of rotatable bonds is 4. The minimum Gasteiger partial charge on any atom is -0.457 e. The molecule has 5 heteroatoms. The molecule has 0 aliphatic carbocycles. The van der Waals surface area contributed by atoms with Crippen molar-refractivity contribution in [2.75, 3.05) is 11.1 Å². The Morgan fingerprint density at radius 2 is 1.59 bits per heavy atom. The topological polar surface area (TPSA) is 73.1 Å². The summed E-state index contributed by atoms with van der Waals surface area (Å²) in [5.74, 6) is 3.32. The van der Waals surface area contributed by atoms with Gasteiger partial charge in [-0.05, 0) is 43.3 Å². The van der Waals surface area contributed by atoms with Crippen LogP contribution in [0, 0.1) is 6.92 Å². The molecule has 2 aromatic carbocycles. The summed E-state index contributed by atoms with van der Waals surface area (Å²) >= 11 is 0. The number of anilines is 3. The van der Waals surface area contributed by atoms with Crippen molar-refractivity contribution < 1.29 is 4.74 Å². The number of nitrogens with two attached hydrogens (primary N) is 1. The highest BCUT2D eigenvalue weighted by atomic mass is 16.5. The van der Waals surface area contributed by atoms with Crippen LogP contribution in [0.4, 0.5) is 17.3 Å². The summed E-state index contributed by atoms with van der Waals surface area (Å²) in [6, 6.07) is 19.0. The number of benzene rings is 2. The van der Waals surface area contributed by atoms with Gasteiger partial charge >= 0.3 is 0 Å². The molecule has 0 atom stereocenters. The highest BCUT2D eigenvalue weighted by molar-refractivity contribution is 5.59. The fraction of sp³-hybridized carbons (Fsp3) is 0.0588. The number of hydrogen-bond acceptors (Lipinski definition) is 5. The molecule has 3 rings (SSSR count). The van der Waals surface area contributed by atoms with Crippen LogP contribution in [0.3, 0.4) is 0 Å². The Balaban J connectivity index is 1.71. The first kappa shape index (κ1) is 13.9. The standard InChI is InChI=1S/C17H16N4O/c1-12-19-16(18)11-17(20-12)21-13-7-9-15(10-8-13)22-14-5-3-2-4-6-14/h2-11H,1H3,(H3,18,19,20,21). The zero-order valence-electron chi connectivity index (χ0n) is 12.2. The van der Waals surface area contributed by atoms with Crippen molar-refractivity contribution in [3.8, 4) is 11.5 Å². The lowest BCUT2D eigenvalue weighted by Gasteiger charge is -2.09. The van der Waals surface area contributed by atoms with Crippen molar-refractivity contribution in [2.45, 2.75) is 6.92 Å². The van der Waals surface area contributed by atoms with Crippen molar-refractivity contribution in [3.63, 3.8) is 0 Å². The molecule has 22 heavy (non-hydrogen) atoms. The molecule has 0 amide bonds. The van der Waals surface area contributed by atoms with Gasteiger partial charge in [0.05, 0.1) is 0 Å². The molecule has 0 saturated heterocycles. The summed E-state index contributed by atoms with van der Waals surface area (Å²) in [4.78, 5) is 8.33. The summed E-state index contributed by atoms with van der Waals surface area (Å²) < 4.78 is 5.75. The summed E-state index contributed by atoms with van der Waals surface area (Å²) in [7, 11) is 0. The lowest BCUT2D eigenvalue weighted by molar-refractivity contribution is 0.483. The molecular weight excluding hydrogens is 276 g/mol. The molecule has 0 spiro atoms. The van der Waals surface area contributed by atoms with Gasteiger partial charge < -0.3 is 15.8 Å². The molecule has 0 radical (unpaired) electrons. The van der Waals surface area contributed by atoms with E-state index < -0.39 is 0 Å². The minimum absolute atomic E-state index is 0.444. The molecule has 0 bridgehead atoms. The maximum Gasteiger partial charge on any atom is 0.136 e. The fourth-order valence-electron chi connectivity index (χ4n) is 2.03. The SMILES string of the molecule is Cc1nc(N)cc(Nc2ccc(Oc3ccccc3)cc2)n1. The first-order valence-corrected chi connectivity index (χ1v) is 6.90. The monoisotopic (exact) mass is 292 g/mol. The molecule has 0 fully saturated rings. The van der Waals surface area contributed by atoms with Crippen molar-refractivity contribution in [3.05, 3.63) is 66.5 Å². The van der Waals surface area contributed by atoms with E-state index in [1.54, 1.807) is 13.0 Å². The highest BCUT2D eigenvalue weighted by Crippen LogP contribution is 2.24. The van der Waals surface area contributed by atoms with Crippen LogP contribution < -0.4 is 15.8 Å². The summed E-state index contributed by atoms with van der Waals surface area (Å²) in [6.45, 7) is 1.80. The van der Waals surface area contributed by atoms with Gasteiger partial charge in [0.15, 0.2) is 0 Å². The third-order valence-electron chi connectivity index (χ3n) is 2.96. The van der Waals surface area contributed by atoms with Gasteiger partial charge in [-0.25, -0.2) is 9.97 Å². The van der Waals surface area contributed by atoms with Crippen molar-refractivity contribution in [1.82, 2.24) is 9.97 Å². The lowest BCUT2D eigenvalue weighted by atomic mass is 10.3. The van der Waals surface area contributed by atoms with E-state index >= 15 is 0 Å². The maximum absolute atomic E-state index is 5.75. The van der Waals surface area contributed by atoms with E-state index in [1.165, 1.54) is 0 Å². The molecule has 0 aliphatic rings. The predicted octanol–water partition coefficient (Wildman–Crippen LogP) is 3.90. The van der Waals surface area contributed by atoms with Gasteiger partial charge in [-0.3, -0.25) is 0 Å². The first-order chi connectivity index (χ1) is 10.7. The summed E-state index contributed by atoms with van der Waals surface area (Å²) in [6.07, 6.45) is 0. The molecule has 1 heterocycles. The Labute approximate surface area is 128 Å². The number of ether oxygens (including phenoxy) is 1. The van der Waals surface area contributed by atoms with Crippen LogP contribution in [-0.4, -0.2) is 9.97 Å². The van der Waals surface area contributed by atoms with Gasteiger partial charge in [-0.2, -0.15) is 0 Å². The second-order valence-electron chi connectivity index (χ2n) is 4.79. The molecule has 110 valence electrons. The molecule has 3 aromatic rings. The van der Waals surface area contributed by atoms with Crippen LogP contribution in [0.2, 0.25) is 0 Å². The van der Waals surface area contributed by atoms with Gasteiger partial charge in [0, 0.05) is 11.8 Å². The maximum atomic E-state index is 5.75. The first-order valence-electron chi connectivity index (χ1n) is 6.90. The van der Waals surface area contributed by atoms with Gasteiger partial charge in [-0.15, -0.1) is 0 Å². The van der Waals surface area contributed by atoms with Crippen LogP contribution in [-0.2, 0) is 0 Å². The normalized spacial score (nSPS) is 10.2. The van der Waals surface area contributed by atoms with E-state index in [-0.39, 0.29) is 0 Å². The Kier molecular flexibility index (Phi) is 3.87. The van der Waals surface area contributed by atoms with Crippen LogP contribution in [0.25, 0.3) is 0 Å². The third kappa shape index (κ3) is 3.52. The van der Waals surface area contributed by atoms with E-state index in [1.807, 2.05) is 54.6 Å². The van der Waals surface area contributed by atoms with Crippen LogP contribution in [0.1, 0.15) is 5.82 Å². The van der Waals surface area contributed by atoms with Gasteiger partial charge in [-0.1, -0.05) is 18.2 Å². The smallest absolute Gasteiger partial charge is 0.136 e. The number of hydrogen-bond donors (Lipinski definition) is 2. The third-order valence-corrected chi connectivity index (χ3v) is 2.96. The minimum atomic E-state index is 0.444. The average molecular weight is 292 g/mol. The quantitative estimate of drug-likeness (QED) is 0.763. The number of nitrogens with zero attached hydrogens (tertiary/aromatic N) is 2. The Hall–Kier alpha value is -3.08. The molecular formula is C17H16N4O. The number of aryl methyl sites for hydroxylation is 1. The number of nitrogen functional groups attached to an aromatic ring is 1. The predicted molar refractivity (Wildman–Crippen MR) is 87.4 cm³/mol. The Bertz CT molecular complexity index is 737. The van der Waals surface area contributed by atoms with Crippen LogP contribution in [0.15, 0.2) is 60.7 Å². The Morgan fingerprint density at radius 3 is 2.27 bits per heavy atom. The number of nitrogens with one attached hydrogen (secondary N) is 1.